The molecule has 0 saturated heterocycles. The number of halogens is 1. The number of ether oxygens (including phenoxy) is 1. The molecule has 0 aliphatic carbocycles. The topological polar surface area (TPSA) is 61.2 Å². The van der Waals surface area contributed by atoms with E-state index in [1.165, 1.54) is 10.9 Å². The number of carbonyl (C=O) groups is 1. The number of rotatable bonds is 3. The van der Waals surface area contributed by atoms with Gasteiger partial charge in [-0.3, -0.25) is 9.36 Å². The van der Waals surface area contributed by atoms with Crippen molar-refractivity contribution in [3.05, 3.63) is 57.2 Å². The van der Waals surface area contributed by atoms with Crippen molar-refractivity contribution >= 4 is 17.6 Å². The van der Waals surface area contributed by atoms with Gasteiger partial charge in [-0.2, -0.15) is 0 Å². The Labute approximate surface area is 120 Å². The number of benzene rings is 1. The van der Waals surface area contributed by atoms with Crippen LogP contribution in [0.4, 0.5) is 0 Å². The molecule has 104 valence electrons. The normalized spacial score (nSPS) is 10.3. The minimum Gasteiger partial charge on any atom is -0.462 e. The first-order valence-corrected chi connectivity index (χ1v) is 6.43. The monoisotopic (exact) mass is 292 g/mol. The molecule has 20 heavy (non-hydrogen) atoms. The van der Waals surface area contributed by atoms with E-state index in [2.05, 4.69) is 4.98 Å². The molecule has 0 amide bonds. The molecule has 0 bridgehead atoms. The Hall–Kier alpha value is -2.14. The first kappa shape index (κ1) is 14.3. The fraction of sp³-hybridized carbons (Fsp3) is 0.214. The van der Waals surface area contributed by atoms with Crippen LogP contribution in [-0.4, -0.2) is 22.1 Å². The molecule has 0 N–H and O–H groups in total. The first-order valence-electron chi connectivity index (χ1n) is 6.06. The summed E-state index contributed by atoms with van der Waals surface area (Å²) in [4.78, 5) is 28.3. The van der Waals surface area contributed by atoms with E-state index >= 15 is 0 Å². The molecule has 0 saturated carbocycles. The van der Waals surface area contributed by atoms with E-state index < -0.39 is 11.5 Å². The highest BCUT2D eigenvalue weighted by atomic mass is 35.5. The van der Waals surface area contributed by atoms with Crippen LogP contribution in [0.2, 0.25) is 5.02 Å². The minimum atomic E-state index is -0.661. The standard InChI is InChI=1S/C14H13ClN2O3/c1-3-20-14(19)12-9(2)16-8-17(13(12)18)11-6-4-10(15)5-7-11/h4-8H,3H2,1-2H3. The van der Waals surface area contributed by atoms with Gasteiger partial charge in [-0.25, -0.2) is 9.78 Å². The van der Waals surface area contributed by atoms with E-state index in [4.69, 9.17) is 16.3 Å². The van der Waals surface area contributed by atoms with E-state index in [-0.39, 0.29) is 12.2 Å². The third-order valence-electron chi connectivity index (χ3n) is 2.75. The Kier molecular flexibility index (Phi) is 4.20. The van der Waals surface area contributed by atoms with Crippen LogP contribution < -0.4 is 5.56 Å². The van der Waals surface area contributed by atoms with Crippen LogP contribution >= 0.6 is 11.6 Å². The zero-order chi connectivity index (χ0) is 14.7. The number of aromatic nitrogens is 2. The van der Waals surface area contributed by atoms with E-state index in [9.17, 15) is 9.59 Å². The number of esters is 1. The van der Waals surface area contributed by atoms with Crippen LogP contribution in [-0.2, 0) is 4.74 Å². The number of hydrogen-bond donors (Lipinski definition) is 0. The van der Waals surface area contributed by atoms with Gasteiger partial charge in [0.05, 0.1) is 18.0 Å². The Morgan fingerprint density at radius 3 is 2.60 bits per heavy atom. The molecule has 1 heterocycles. The third-order valence-corrected chi connectivity index (χ3v) is 3.00. The molecule has 6 heteroatoms. The van der Waals surface area contributed by atoms with Gasteiger partial charge in [0.25, 0.3) is 5.56 Å². The van der Waals surface area contributed by atoms with E-state index in [1.54, 1.807) is 38.1 Å². The summed E-state index contributed by atoms with van der Waals surface area (Å²) in [6.45, 7) is 3.48. The predicted octanol–water partition coefficient (Wildman–Crippen LogP) is 2.37. The molecule has 2 aromatic rings. The molecule has 5 nitrogen and oxygen atoms in total. The van der Waals surface area contributed by atoms with Crippen LogP contribution in [0.1, 0.15) is 23.0 Å². The zero-order valence-electron chi connectivity index (χ0n) is 11.1. The molecule has 2 rings (SSSR count). The van der Waals surface area contributed by atoms with Crippen molar-refractivity contribution in [3.63, 3.8) is 0 Å². The fourth-order valence-corrected chi connectivity index (χ4v) is 1.89. The molecular weight excluding hydrogens is 280 g/mol. The second-order valence-corrected chi connectivity index (χ2v) is 4.51. The molecule has 1 aromatic carbocycles. The number of aryl methyl sites for hydroxylation is 1. The van der Waals surface area contributed by atoms with Gasteiger partial charge in [0, 0.05) is 5.02 Å². The fourth-order valence-electron chi connectivity index (χ4n) is 1.76. The van der Waals surface area contributed by atoms with Gasteiger partial charge in [-0.05, 0) is 38.1 Å². The van der Waals surface area contributed by atoms with Crippen LogP contribution in [0.25, 0.3) is 5.69 Å². The SMILES string of the molecule is CCOC(=O)c1c(C)ncn(-c2ccc(Cl)cc2)c1=O. The molecule has 0 aliphatic heterocycles. The predicted molar refractivity (Wildman–Crippen MR) is 75.5 cm³/mol. The average molecular weight is 293 g/mol. The molecule has 0 radical (unpaired) electrons. The van der Waals surface area contributed by atoms with Crippen molar-refractivity contribution in [2.24, 2.45) is 0 Å². The lowest BCUT2D eigenvalue weighted by Gasteiger charge is -2.09. The van der Waals surface area contributed by atoms with Crippen molar-refractivity contribution in [2.75, 3.05) is 6.61 Å². The Bertz CT molecular complexity index is 693. The van der Waals surface area contributed by atoms with Gasteiger partial charge in [-0.15, -0.1) is 0 Å². The highest BCUT2D eigenvalue weighted by molar-refractivity contribution is 6.30. The second kappa shape index (κ2) is 5.88. The number of carbonyl (C=O) groups excluding carboxylic acids is 1. The summed E-state index contributed by atoms with van der Waals surface area (Å²) in [5.74, 6) is -0.661. The second-order valence-electron chi connectivity index (χ2n) is 4.08. The summed E-state index contributed by atoms with van der Waals surface area (Å²) >= 11 is 5.81. The van der Waals surface area contributed by atoms with Crippen LogP contribution in [0, 0.1) is 6.92 Å². The summed E-state index contributed by atoms with van der Waals surface area (Å²) < 4.78 is 6.17. The number of nitrogens with zero attached hydrogens (tertiary/aromatic N) is 2. The molecule has 0 atom stereocenters. The van der Waals surface area contributed by atoms with Gasteiger partial charge in [0.1, 0.15) is 11.9 Å². The summed E-state index contributed by atoms with van der Waals surface area (Å²) in [6, 6.07) is 6.67. The molecule has 0 unspecified atom stereocenters. The smallest absolute Gasteiger partial charge is 0.345 e. The highest BCUT2D eigenvalue weighted by Crippen LogP contribution is 2.12. The van der Waals surface area contributed by atoms with Gasteiger partial charge in [0.15, 0.2) is 0 Å². The molecule has 1 aromatic heterocycles. The van der Waals surface area contributed by atoms with Gasteiger partial charge < -0.3 is 4.74 Å². The Morgan fingerprint density at radius 1 is 1.35 bits per heavy atom. The third kappa shape index (κ3) is 2.72. The molecule has 0 aliphatic rings. The van der Waals surface area contributed by atoms with Crippen molar-refractivity contribution in [2.45, 2.75) is 13.8 Å². The van der Waals surface area contributed by atoms with Crippen molar-refractivity contribution in [1.82, 2.24) is 9.55 Å². The van der Waals surface area contributed by atoms with Gasteiger partial charge in [0.2, 0.25) is 0 Å². The molecule has 0 spiro atoms. The van der Waals surface area contributed by atoms with Crippen LogP contribution in [0.5, 0.6) is 0 Å². The van der Waals surface area contributed by atoms with E-state index in [0.29, 0.717) is 16.4 Å². The summed E-state index contributed by atoms with van der Waals surface area (Å²) in [7, 11) is 0. The average Bonchev–Trinajstić information content (AvgIpc) is 2.41. The lowest BCUT2D eigenvalue weighted by Crippen LogP contribution is -2.28. The Morgan fingerprint density at radius 2 is 2.00 bits per heavy atom. The number of hydrogen-bond acceptors (Lipinski definition) is 4. The van der Waals surface area contributed by atoms with Crippen molar-refractivity contribution < 1.29 is 9.53 Å². The van der Waals surface area contributed by atoms with E-state index in [0.717, 1.165) is 0 Å². The summed E-state index contributed by atoms with van der Waals surface area (Å²) in [6.07, 6.45) is 1.38. The zero-order valence-corrected chi connectivity index (χ0v) is 11.8. The highest BCUT2D eigenvalue weighted by Gasteiger charge is 2.18. The first-order chi connectivity index (χ1) is 9.54. The maximum atomic E-state index is 12.4. The van der Waals surface area contributed by atoms with E-state index in [1.807, 2.05) is 0 Å². The summed E-state index contributed by atoms with van der Waals surface area (Å²) in [5.41, 5.74) is 0.415. The maximum absolute atomic E-state index is 12.4. The largest absolute Gasteiger partial charge is 0.462 e. The Balaban J connectivity index is 2.57. The minimum absolute atomic E-state index is 0.0516. The van der Waals surface area contributed by atoms with Gasteiger partial charge >= 0.3 is 5.97 Å². The quantitative estimate of drug-likeness (QED) is 0.815. The van der Waals surface area contributed by atoms with Gasteiger partial charge in [-0.1, -0.05) is 11.6 Å². The molecular formula is C14H13ClN2O3. The summed E-state index contributed by atoms with van der Waals surface area (Å²) in [5, 5.41) is 0.562. The van der Waals surface area contributed by atoms with Crippen LogP contribution in [0.3, 0.4) is 0 Å². The lowest BCUT2D eigenvalue weighted by molar-refractivity contribution is 0.0522. The van der Waals surface area contributed by atoms with Crippen molar-refractivity contribution in [3.8, 4) is 5.69 Å². The van der Waals surface area contributed by atoms with Crippen molar-refractivity contribution in [1.29, 1.82) is 0 Å². The maximum Gasteiger partial charge on any atom is 0.345 e. The molecule has 0 fully saturated rings. The van der Waals surface area contributed by atoms with Crippen LogP contribution in [0.15, 0.2) is 35.4 Å². The lowest BCUT2D eigenvalue weighted by atomic mass is 10.2.